The smallest absolute Gasteiger partial charge is 0.153 e. The topological polar surface area (TPSA) is 46.2 Å². The predicted octanol–water partition coefficient (Wildman–Crippen LogP) is 1.91. The van der Waals surface area contributed by atoms with Crippen molar-refractivity contribution in [3.63, 3.8) is 0 Å². The quantitative estimate of drug-likeness (QED) is 0.857. The summed E-state index contributed by atoms with van der Waals surface area (Å²) in [6, 6.07) is 2.60. The van der Waals surface area contributed by atoms with Crippen LogP contribution in [0.1, 0.15) is 11.6 Å². The second-order valence-electron chi connectivity index (χ2n) is 3.31. The van der Waals surface area contributed by atoms with Crippen LogP contribution in [0.25, 0.3) is 0 Å². The maximum absolute atomic E-state index is 11.4. The van der Waals surface area contributed by atoms with Crippen molar-refractivity contribution < 1.29 is 8.42 Å². The molecule has 1 fully saturated rings. The Bertz CT molecular complexity index is 469. The number of sulfone groups is 1. The highest BCUT2D eigenvalue weighted by molar-refractivity contribution is 7.91. The minimum absolute atomic E-state index is 0.0658. The van der Waals surface area contributed by atoms with Crippen molar-refractivity contribution in [1.82, 2.24) is 5.32 Å². The molecule has 0 amide bonds. The molecule has 0 bridgehead atoms. The predicted molar refractivity (Wildman–Crippen MR) is 62.6 cm³/mol. The van der Waals surface area contributed by atoms with Crippen molar-refractivity contribution in [3.05, 3.63) is 20.3 Å². The number of hydrogen-bond acceptors (Lipinski definition) is 4. The lowest BCUT2D eigenvalue weighted by Crippen LogP contribution is -2.39. The Hall–Kier alpha value is 0.190. The third-order valence-electron chi connectivity index (χ3n) is 2.20. The van der Waals surface area contributed by atoms with Crippen LogP contribution >= 0.6 is 34.5 Å². The molecular weight excluding hydrogens is 277 g/mol. The van der Waals surface area contributed by atoms with Crippen LogP contribution in [-0.2, 0) is 9.84 Å². The summed E-state index contributed by atoms with van der Waals surface area (Å²) in [5, 5.41) is 3.10. The van der Waals surface area contributed by atoms with Crippen LogP contribution in [0.2, 0.25) is 8.67 Å². The molecule has 2 heterocycles. The molecule has 0 aliphatic carbocycles. The number of nitrogens with one attached hydrogen (secondary N) is 1. The van der Waals surface area contributed by atoms with E-state index in [1.807, 2.05) is 0 Å². The third kappa shape index (κ3) is 2.65. The van der Waals surface area contributed by atoms with Crippen molar-refractivity contribution >= 4 is 44.4 Å². The second-order valence-corrected chi connectivity index (χ2v) is 7.76. The molecule has 2 rings (SSSR count). The molecule has 0 saturated carbocycles. The lowest BCUT2D eigenvalue weighted by Gasteiger charge is -2.23. The highest BCUT2D eigenvalue weighted by Gasteiger charge is 2.28. The maximum atomic E-state index is 11.4. The summed E-state index contributed by atoms with van der Waals surface area (Å²) in [5.74, 6) is 0.245. The minimum Gasteiger partial charge on any atom is -0.308 e. The summed E-state index contributed by atoms with van der Waals surface area (Å²) in [6.45, 7) is 0.449. The second kappa shape index (κ2) is 4.22. The molecule has 1 atom stereocenters. The lowest BCUT2D eigenvalue weighted by atomic mass is 10.2. The first-order valence-electron chi connectivity index (χ1n) is 4.29. The van der Waals surface area contributed by atoms with Crippen LogP contribution in [0.4, 0.5) is 0 Å². The van der Waals surface area contributed by atoms with Gasteiger partial charge >= 0.3 is 0 Å². The normalized spacial score (nSPS) is 25.3. The largest absolute Gasteiger partial charge is 0.308 e. The Morgan fingerprint density at radius 2 is 2.20 bits per heavy atom. The summed E-state index contributed by atoms with van der Waals surface area (Å²) in [7, 11) is -2.97. The molecule has 0 spiro atoms. The van der Waals surface area contributed by atoms with Gasteiger partial charge in [-0.2, -0.15) is 0 Å². The van der Waals surface area contributed by atoms with Crippen LogP contribution in [0.5, 0.6) is 0 Å². The van der Waals surface area contributed by atoms with Gasteiger partial charge in [-0.05, 0) is 0 Å². The van der Waals surface area contributed by atoms with Gasteiger partial charge < -0.3 is 5.32 Å². The fourth-order valence-electron chi connectivity index (χ4n) is 1.51. The molecule has 1 radical (unpaired) electrons. The van der Waals surface area contributed by atoms with E-state index in [4.69, 9.17) is 23.2 Å². The van der Waals surface area contributed by atoms with Gasteiger partial charge in [-0.15, -0.1) is 11.3 Å². The highest BCUT2D eigenvalue weighted by atomic mass is 35.5. The summed E-state index contributed by atoms with van der Waals surface area (Å²) < 4.78 is 23.8. The zero-order valence-electron chi connectivity index (χ0n) is 7.59. The van der Waals surface area contributed by atoms with E-state index in [2.05, 4.69) is 11.4 Å². The number of halogens is 2. The average molecular weight is 285 g/mol. The Morgan fingerprint density at radius 3 is 2.73 bits per heavy atom. The van der Waals surface area contributed by atoms with Gasteiger partial charge in [-0.25, -0.2) is 8.42 Å². The van der Waals surface area contributed by atoms with E-state index in [-0.39, 0.29) is 17.5 Å². The third-order valence-corrected chi connectivity index (χ3v) is 5.31. The fourth-order valence-corrected chi connectivity index (χ4v) is 4.38. The first kappa shape index (κ1) is 11.7. The van der Waals surface area contributed by atoms with Gasteiger partial charge in [0.2, 0.25) is 0 Å². The zero-order valence-corrected chi connectivity index (χ0v) is 10.7. The van der Waals surface area contributed by atoms with Crippen molar-refractivity contribution in [3.8, 4) is 0 Å². The van der Waals surface area contributed by atoms with Crippen LogP contribution in [0, 0.1) is 6.07 Å². The first-order chi connectivity index (χ1) is 6.98. The van der Waals surface area contributed by atoms with Gasteiger partial charge in [0.15, 0.2) is 9.84 Å². The monoisotopic (exact) mass is 284 g/mol. The SMILES string of the molecule is O=S1(=O)CCNC(c2[c]c(Cl)sc2Cl)C1. The van der Waals surface area contributed by atoms with Gasteiger partial charge in [0.1, 0.15) is 4.34 Å². The summed E-state index contributed by atoms with van der Waals surface area (Å²) in [5.41, 5.74) is 0.662. The molecule has 1 N–H and O–H groups in total. The Labute approximate surface area is 102 Å². The van der Waals surface area contributed by atoms with E-state index in [1.165, 1.54) is 11.3 Å². The van der Waals surface area contributed by atoms with E-state index >= 15 is 0 Å². The molecular formula is C8H8Cl2NO2S2. The number of thiophene rings is 1. The van der Waals surface area contributed by atoms with Crippen molar-refractivity contribution in [2.45, 2.75) is 6.04 Å². The molecule has 1 aliphatic rings. The Balaban J connectivity index is 2.28. The van der Waals surface area contributed by atoms with Crippen LogP contribution in [0.3, 0.4) is 0 Å². The van der Waals surface area contributed by atoms with E-state index in [0.29, 0.717) is 20.8 Å². The fraction of sp³-hybridized carbons (Fsp3) is 0.500. The van der Waals surface area contributed by atoms with Crippen LogP contribution < -0.4 is 5.32 Å². The molecule has 1 aliphatic heterocycles. The molecule has 83 valence electrons. The van der Waals surface area contributed by atoms with Crippen LogP contribution in [-0.4, -0.2) is 26.5 Å². The van der Waals surface area contributed by atoms with E-state index < -0.39 is 9.84 Å². The molecule has 3 nitrogen and oxygen atoms in total. The minimum atomic E-state index is -2.97. The molecule has 0 aromatic carbocycles. The first-order valence-corrected chi connectivity index (χ1v) is 7.68. The Morgan fingerprint density at radius 1 is 1.47 bits per heavy atom. The molecule has 1 aromatic heterocycles. The number of rotatable bonds is 1. The zero-order chi connectivity index (χ0) is 11.1. The molecule has 1 aromatic rings. The molecule has 15 heavy (non-hydrogen) atoms. The summed E-state index contributed by atoms with van der Waals surface area (Å²) in [6.07, 6.45) is 0. The van der Waals surface area contributed by atoms with Gasteiger partial charge in [0.25, 0.3) is 0 Å². The Kier molecular flexibility index (Phi) is 3.28. The maximum Gasteiger partial charge on any atom is 0.153 e. The van der Waals surface area contributed by atoms with Gasteiger partial charge in [-0.1, -0.05) is 23.2 Å². The molecule has 7 heteroatoms. The molecule has 1 unspecified atom stereocenters. The van der Waals surface area contributed by atoms with Gasteiger partial charge in [-0.3, -0.25) is 0 Å². The van der Waals surface area contributed by atoms with Gasteiger partial charge in [0.05, 0.1) is 15.8 Å². The standard InChI is InChI=1S/C8H8Cl2NO2S2/c9-7-3-5(8(10)14-7)6-4-15(12,13)2-1-11-6/h6,11H,1-2,4H2. The lowest BCUT2D eigenvalue weighted by molar-refractivity contribution is 0.531. The summed E-state index contributed by atoms with van der Waals surface area (Å²) in [4.78, 5) is 0. The van der Waals surface area contributed by atoms with Crippen molar-refractivity contribution in [2.75, 3.05) is 18.1 Å². The van der Waals surface area contributed by atoms with E-state index in [0.717, 1.165) is 0 Å². The highest BCUT2D eigenvalue weighted by Crippen LogP contribution is 2.35. The number of hydrogen-bond donors (Lipinski definition) is 1. The van der Waals surface area contributed by atoms with E-state index in [9.17, 15) is 8.42 Å². The van der Waals surface area contributed by atoms with Crippen LogP contribution in [0.15, 0.2) is 0 Å². The van der Waals surface area contributed by atoms with E-state index in [1.54, 1.807) is 0 Å². The van der Waals surface area contributed by atoms with Crippen molar-refractivity contribution in [2.24, 2.45) is 0 Å². The molecule has 1 saturated heterocycles. The van der Waals surface area contributed by atoms with Crippen molar-refractivity contribution in [1.29, 1.82) is 0 Å². The summed E-state index contributed by atoms with van der Waals surface area (Å²) >= 11 is 12.9. The van der Waals surface area contributed by atoms with Gasteiger partial charge in [0, 0.05) is 24.2 Å². The average Bonchev–Trinajstić information content (AvgIpc) is 2.43.